The van der Waals surface area contributed by atoms with Gasteiger partial charge < -0.3 is 0 Å². The molecule has 2 aliphatic carbocycles. The maximum absolute atomic E-state index is 16.2. The van der Waals surface area contributed by atoms with Crippen molar-refractivity contribution in [2.75, 3.05) is 0 Å². The zero-order valence-corrected chi connectivity index (χ0v) is 33.3. The third kappa shape index (κ3) is 7.82. The van der Waals surface area contributed by atoms with E-state index in [0.29, 0.717) is 67.9 Å². The van der Waals surface area contributed by atoms with Gasteiger partial charge in [-0.25, -0.2) is 8.78 Å². The molecular formula is C43H42F2N4O3S3. The average molecular weight is 797 g/mol. The summed E-state index contributed by atoms with van der Waals surface area (Å²) in [5.74, 6) is -0.801. The Hall–Kier alpha value is -4.49. The summed E-state index contributed by atoms with van der Waals surface area (Å²) in [4.78, 5) is 1.86. The van der Waals surface area contributed by atoms with Crippen LogP contribution < -0.4 is 0 Å². The van der Waals surface area contributed by atoms with E-state index in [1.165, 1.54) is 28.1 Å². The van der Waals surface area contributed by atoms with E-state index in [4.69, 9.17) is 10.2 Å². The first-order valence-electron chi connectivity index (χ1n) is 18.7. The lowest BCUT2D eigenvalue weighted by atomic mass is 10.1. The Labute approximate surface area is 328 Å². The van der Waals surface area contributed by atoms with E-state index in [-0.39, 0.29) is 15.7 Å². The molecular weight excluding hydrogens is 755 g/mol. The van der Waals surface area contributed by atoms with Crippen LogP contribution in [0.5, 0.6) is 0 Å². The van der Waals surface area contributed by atoms with Gasteiger partial charge in [0.05, 0.1) is 34.2 Å². The van der Waals surface area contributed by atoms with E-state index >= 15 is 8.78 Å². The van der Waals surface area contributed by atoms with Crippen LogP contribution in [0.25, 0.3) is 32.8 Å². The fourth-order valence-electron chi connectivity index (χ4n) is 7.66. The topological polar surface area (TPSA) is 90.0 Å². The van der Waals surface area contributed by atoms with Gasteiger partial charge in [-0.05, 0) is 124 Å². The predicted molar refractivity (Wildman–Crippen MR) is 218 cm³/mol. The lowest BCUT2D eigenvalue weighted by Crippen LogP contribution is -2.04. The van der Waals surface area contributed by atoms with Crippen LogP contribution in [0.4, 0.5) is 8.78 Å². The second-order valence-electron chi connectivity index (χ2n) is 14.5. The molecule has 7 nitrogen and oxygen atoms in total. The van der Waals surface area contributed by atoms with Crippen LogP contribution in [0.1, 0.15) is 88.0 Å². The van der Waals surface area contributed by atoms with Crippen molar-refractivity contribution in [3.8, 4) is 21.1 Å². The van der Waals surface area contributed by atoms with Gasteiger partial charge in [-0.1, -0.05) is 59.7 Å². The number of halogens is 2. The number of fused-ring (bicyclic) bond motifs is 6. The highest BCUT2D eigenvalue weighted by Gasteiger charge is 2.30. The second kappa shape index (κ2) is 15.6. The first kappa shape index (κ1) is 37.4. The Morgan fingerprint density at radius 3 is 1.78 bits per heavy atom. The van der Waals surface area contributed by atoms with E-state index in [0.717, 1.165) is 69.7 Å². The minimum atomic E-state index is -4.40. The molecule has 2 aliphatic rings. The van der Waals surface area contributed by atoms with Gasteiger partial charge in [-0.2, -0.15) is 18.6 Å². The number of unbranched alkanes of at least 4 members (excludes halogenated alkanes) is 2. The SMILES string of the molecule is Cc1ccc(Cn2nc(/C(F)=C/CCC/C=C(\F)c3nn(Cc4ccc(C)cc4)c4c3CCCc3cc(S(=O)(=O)O)sc3-4)c3c2-c2sccc2CCC3)cc1. The first-order valence-corrected chi connectivity index (χ1v) is 21.9. The Kier molecular flexibility index (Phi) is 10.6. The van der Waals surface area contributed by atoms with Crippen LogP contribution in [-0.2, 0) is 48.9 Å². The Balaban J connectivity index is 1.04. The molecule has 0 radical (unpaired) electrons. The molecule has 0 aliphatic heterocycles. The summed E-state index contributed by atoms with van der Waals surface area (Å²) < 4.78 is 69.9. The molecule has 0 saturated heterocycles. The van der Waals surface area contributed by atoms with Crippen molar-refractivity contribution in [1.82, 2.24) is 19.6 Å². The summed E-state index contributed by atoms with van der Waals surface area (Å²) in [5, 5.41) is 11.7. The molecule has 0 fully saturated rings. The average Bonchev–Trinajstić information content (AvgIpc) is 3.91. The monoisotopic (exact) mass is 796 g/mol. The third-order valence-corrected chi connectivity index (χ3v) is 13.9. The summed E-state index contributed by atoms with van der Waals surface area (Å²) in [6, 6.07) is 20.1. The van der Waals surface area contributed by atoms with Crippen LogP contribution >= 0.6 is 22.7 Å². The van der Waals surface area contributed by atoms with Crippen molar-refractivity contribution in [3.05, 3.63) is 134 Å². The molecule has 0 saturated carbocycles. The molecule has 0 atom stereocenters. The normalized spacial score (nSPS) is 14.6. The number of aromatic nitrogens is 4. The van der Waals surface area contributed by atoms with E-state index in [1.807, 2.05) is 35.9 Å². The summed E-state index contributed by atoms with van der Waals surface area (Å²) in [6.07, 6.45) is 8.91. The van der Waals surface area contributed by atoms with Gasteiger partial charge >= 0.3 is 10.1 Å². The molecule has 6 aromatic rings. The molecule has 0 amide bonds. The molecule has 0 unspecified atom stereocenters. The molecule has 4 heterocycles. The molecule has 1 N–H and O–H groups in total. The van der Waals surface area contributed by atoms with Gasteiger partial charge in [0.25, 0.3) is 0 Å². The van der Waals surface area contributed by atoms with Gasteiger partial charge in [0.1, 0.15) is 27.3 Å². The molecule has 4 aromatic heterocycles. The minimum Gasteiger partial charge on any atom is -0.281 e. The number of benzene rings is 2. The lowest BCUT2D eigenvalue weighted by molar-refractivity contribution is 0.485. The third-order valence-electron chi connectivity index (χ3n) is 10.5. The minimum absolute atomic E-state index is 0.128. The van der Waals surface area contributed by atoms with Gasteiger partial charge in [0.15, 0.2) is 0 Å². The number of thiophene rings is 2. The maximum atomic E-state index is 16.2. The van der Waals surface area contributed by atoms with E-state index in [2.05, 4.69) is 42.6 Å². The predicted octanol–water partition coefficient (Wildman–Crippen LogP) is 11.0. The van der Waals surface area contributed by atoms with Crippen LogP contribution in [0, 0.1) is 13.8 Å². The zero-order valence-electron chi connectivity index (χ0n) is 30.8. The number of rotatable bonds is 11. The maximum Gasteiger partial charge on any atom is 0.304 e. The van der Waals surface area contributed by atoms with Crippen molar-refractivity contribution in [2.45, 2.75) is 88.9 Å². The highest BCUT2D eigenvalue weighted by molar-refractivity contribution is 7.88. The Morgan fingerprint density at radius 2 is 1.25 bits per heavy atom. The first-order chi connectivity index (χ1) is 26.5. The van der Waals surface area contributed by atoms with Crippen LogP contribution in [0.2, 0.25) is 0 Å². The van der Waals surface area contributed by atoms with Crippen molar-refractivity contribution < 1.29 is 21.8 Å². The molecule has 8 rings (SSSR count). The number of aryl methyl sites for hydroxylation is 4. The van der Waals surface area contributed by atoms with E-state index in [1.54, 1.807) is 22.1 Å². The molecule has 284 valence electrons. The fourth-order valence-corrected chi connectivity index (χ4v) is 10.7. The van der Waals surface area contributed by atoms with Crippen molar-refractivity contribution in [3.63, 3.8) is 0 Å². The number of hydrogen-bond donors (Lipinski definition) is 1. The van der Waals surface area contributed by atoms with Crippen molar-refractivity contribution in [2.24, 2.45) is 0 Å². The molecule has 0 spiro atoms. The molecule has 0 bridgehead atoms. The van der Waals surface area contributed by atoms with Crippen LogP contribution in [-0.4, -0.2) is 32.5 Å². The Bertz CT molecular complexity index is 2540. The quantitative estimate of drug-likeness (QED) is 0.104. The summed E-state index contributed by atoms with van der Waals surface area (Å²) >= 11 is 2.68. The van der Waals surface area contributed by atoms with Crippen molar-refractivity contribution >= 4 is 44.4 Å². The van der Waals surface area contributed by atoms with Crippen molar-refractivity contribution in [1.29, 1.82) is 0 Å². The number of nitrogens with zero attached hydrogens (tertiary/aromatic N) is 4. The van der Waals surface area contributed by atoms with Crippen LogP contribution in [0.3, 0.4) is 0 Å². The summed E-state index contributed by atoms with van der Waals surface area (Å²) in [7, 11) is -4.40. The second-order valence-corrected chi connectivity index (χ2v) is 18.2. The number of hydrogen-bond acceptors (Lipinski definition) is 6. The number of allylic oxidation sites excluding steroid dienone is 2. The van der Waals surface area contributed by atoms with Gasteiger partial charge in [-0.3, -0.25) is 13.9 Å². The van der Waals surface area contributed by atoms with Gasteiger partial charge in [0.2, 0.25) is 0 Å². The Morgan fingerprint density at radius 1 is 0.745 bits per heavy atom. The van der Waals surface area contributed by atoms with Gasteiger partial charge in [-0.15, -0.1) is 22.7 Å². The summed E-state index contributed by atoms with van der Waals surface area (Å²) in [5.41, 5.74) is 10.5. The zero-order chi connectivity index (χ0) is 38.3. The smallest absolute Gasteiger partial charge is 0.281 e. The summed E-state index contributed by atoms with van der Waals surface area (Å²) in [6.45, 7) is 5.00. The molecule has 55 heavy (non-hydrogen) atoms. The molecule has 12 heteroatoms. The highest BCUT2D eigenvalue weighted by Crippen LogP contribution is 2.43. The van der Waals surface area contributed by atoms with Gasteiger partial charge in [0, 0.05) is 11.1 Å². The van der Waals surface area contributed by atoms with E-state index < -0.39 is 15.9 Å². The largest absolute Gasteiger partial charge is 0.304 e. The fraction of sp³-hybridized carbons (Fsp3) is 0.302. The molecule has 2 aromatic carbocycles. The lowest BCUT2D eigenvalue weighted by Gasteiger charge is -2.09. The highest BCUT2D eigenvalue weighted by atomic mass is 32.3. The standard InChI is InChI=1S/C43H42F2N4O3S3/c1-27-14-18-29(19-15-27)25-48-40-33(10-6-8-31-22-23-53-42(31)40)38(46-48)35(44)12-4-3-5-13-36(45)39-34-11-7-9-32-24-37(55(50,51)52)54-43(32)41(34)49(47-39)26-30-20-16-28(2)17-21-30/h12-24H,3-11,25-26H2,1-2H3,(H,50,51,52)/b35-12-,36-13-. The van der Waals surface area contributed by atoms with Crippen LogP contribution in [0.15, 0.2) is 82.4 Å². The van der Waals surface area contributed by atoms with E-state index in [9.17, 15) is 13.0 Å².